The van der Waals surface area contributed by atoms with Crippen molar-refractivity contribution in [3.05, 3.63) is 47.8 Å². The molecule has 0 aliphatic heterocycles. The molecule has 0 radical (unpaired) electrons. The molecule has 20 heavy (non-hydrogen) atoms. The van der Waals surface area contributed by atoms with Gasteiger partial charge in [-0.2, -0.15) is 0 Å². The maximum absolute atomic E-state index is 5.78. The quantitative estimate of drug-likeness (QED) is 0.684. The second-order valence-corrected chi connectivity index (χ2v) is 4.23. The van der Waals surface area contributed by atoms with Crippen LogP contribution in [-0.4, -0.2) is 17.7 Å². The average molecular weight is 268 g/mol. The summed E-state index contributed by atoms with van der Waals surface area (Å²) in [6.45, 7) is 3.90. The molecule has 0 atom stereocenters. The highest BCUT2D eigenvalue weighted by Gasteiger charge is 2.02. The average Bonchev–Trinajstić information content (AvgIpc) is 2.44. The predicted octanol–water partition coefficient (Wildman–Crippen LogP) is 3.14. The number of benzene rings is 1. The number of hydrogen-bond donors (Lipinski definition) is 1. The van der Waals surface area contributed by atoms with Crippen molar-refractivity contribution in [2.75, 3.05) is 0 Å². The molecule has 102 valence electrons. The standard InChI is InChI=1S/C15H16N4O/c1-11-7-13(19-10-17-9-16)4-6-15(11)20-14-5-3-12(2)18-8-14/h3-10H,1-2H3,(H2,16,17,19). The molecule has 0 amide bonds. The Hall–Kier alpha value is -2.69. The number of aromatic nitrogens is 1. The lowest BCUT2D eigenvalue weighted by atomic mass is 10.2. The third-order valence-electron chi connectivity index (χ3n) is 2.63. The summed E-state index contributed by atoms with van der Waals surface area (Å²) in [6.07, 6.45) is 4.30. The molecule has 1 aromatic carbocycles. The van der Waals surface area contributed by atoms with E-state index in [1.54, 1.807) is 6.20 Å². The van der Waals surface area contributed by atoms with Crippen LogP contribution in [-0.2, 0) is 0 Å². The normalized spacial score (nSPS) is 11.3. The first kappa shape index (κ1) is 13.7. The topological polar surface area (TPSA) is 72.9 Å². The smallest absolute Gasteiger partial charge is 0.145 e. The zero-order valence-corrected chi connectivity index (χ0v) is 11.4. The molecule has 2 rings (SSSR count). The van der Waals surface area contributed by atoms with Gasteiger partial charge in [0.1, 0.15) is 17.8 Å². The molecule has 0 saturated carbocycles. The first-order chi connectivity index (χ1) is 9.69. The molecule has 0 saturated heterocycles. The zero-order chi connectivity index (χ0) is 14.4. The van der Waals surface area contributed by atoms with E-state index in [9.17, 15) is 0 Å². The first-order valence-electron chi connectivity index (χ1n) is 6.16. The van der Waals surface area contributed by atoms with Gasteiger partial charge in [0.2, 0.25) is 0 Å². The number of ether oxygens (including phenoxy) is 1. The van der Waals surface area contributed by atoms with Crippen LogP contribution in [0.4, 0.5) is 5.69 Å². The Kier molecular flexibility index (Phi) is 4.44. The second-order valence-electron chi connectivity index (χ2n) is 4.23. The molecule has 2 N–H and O–H groups in total. The SMILES string of the molecule is Cc1ccc(Oc2ccc(N=CN=CN)cc2C)cn1. The van der Waals surface area contributed by atoms with Crippen LogP contribution in [0.15, 0.2) is 46.5 Å². The van der Waals surface area contributed by atoms with E-state index in [2.05, 4.69) is 15.0 Å². The van der Waals surface area contributed by atoms with E-state index in [0.717, 1.165) is 22.7 Å². The van der Waals surface area contributed by atoms with Gasteiger partial charge < -0.3 is 10.5 Å². The molecule has 1 aromatic heterocycles. The van der Waals surface area contributed by atoms with Crippen LogP contribution in [0.3, 0.4) is 0 Å². The van der Waals surface area contributed by atoms with Gasteiger partial charge in [-0.05, 0) is 49.7 Å². The fourth-order valence-electron chi connectivity index (χ4n) is 1.61. The fraction of sp³-hybridized carbons (Fsp3) is 0.133. The minimum atomic E-state index is 0.711. The van der Waals surface area contributed by atoms with Gasteiger partial charge in [-0.25, -0.2) is 9.98 Å². The summed E-state index contributed by atoms with van der Waals surface area (Å²) in [5.41, 5.74) is 7.87. The van der Waals surface area contributed by atoms with Gasteiger partial charge in [0, 0.05) is 5.69 Å². The van der Waals surface area contributed by atoms with Gasteiger partial charge >= 0.3 is 0 Å². The van der Waals surface area contributed by atoms with E-state index >= 15 is 0 Å². The van der Waals surface area contributed by atoms with Crippen LogP contribution >= 0.6 is 0 Å². The van der Waals surface area contributed by atoms with Crippen molar-refractivity contribution >= 4 is 18.4 Å². The Morgan fingerprint density at radius 3 is 2.70 bits per heavy atom. The highest BCUT2D eigenvalue weighted by atomic mass is 16.5. The summed E-state index contributed by atoms with van der Waals surface area (Å²) < 4.78 is 5.78. The number of aryl methyl sites for hydroxylation is 2. The number of aliphatic imine (C=N–C) groups is 2. The summed E-state index contributed by atoms with van der Waals surface area (Å²) in [7, 11) is 0. The van der Waals surface area contributed by atoms with E-state index in [4.69, 9.17) is 10.5 Å². The molecule has 5 heteroatoms. The van der Waals surface area contributed by atoms with Crippen LogP contribution < -0.4 is 10.5 Å². The van der Waals surface area contributed by atoms with Gasteiger partial charge in [-0.15, -0.1) is 0 Å². The number of hydrogen-bond acceptors (Lipinski definition) is 3. The van der Waals surface area contributed by atoms with E-state index in [-0.39, 0.29) is 0 Å². The molecule has 0 spiro atoms. The lowest BCUT2D eigenvalue weighted by Crippen LogP contribution is -1.89. The molecule has 0 aliphatic rings. The third-order valence-corrected chi connectivity index (χ3v) is 2.63. The summed E-state index contributed by atoms with van der Waals surface area (Å²) in [6, 6.07) is 9.44. The monoisotopic (exact) mass is 268 g/mol. The van der Waals surface area contributed by atoms with Crippen LogP contribution in [0.5, 0.6) is 11.5 Å². The van der Waals surface area contributed by atoms with Crippen molar-refractivity contribution in [2.24, 2.45) is 15.7 Å². The Bertz CT molecular complexity index is 633. The molecule has 0 fully saturated rings. The molecule has 5 nitrogen and oxygen atoms in total. The highest BCUT2D eigenvalue weighted by Crippen LogP contribution is 2.27. The van der Waals surface area contributed by atoms with Crippen molar-refractivity contribution in [2.45, 2.75) is 13.8 Å². The lowest BCUT2D eigenvalue weighted by molar-refractivity contribution is 0.476. The molecular weight excluding hydrogens is 252 g/mol. The summed E-state index contributed by atoms with van der Waals surface area (Å²) in [5.74, 6) is 1.49. The Morgan fingerprint density at radius 2 is 2.05 bits per heavy atom. The van der Waals surface area contributed by atoms with E-state index < -0.39 is 0 Å². The van der Waals surface area contributed by atoms with Crippen molar-refractivity contribution in [1.82, 2.24) is 4.98 Å². The van der Waals surface area contributed by atoms with E-state index in [1.165, 1.54) is 12.7 Å². The molecule has 0 bridgehead atoms. The maximum atomic E-state index is 5.78. The van der Waals surface area contributed by atoms with Crippen molar-refractivity contribution in [1.29, 1.82) is 0 Å². The fourth-order valence-corrected chi connectivity index (χ4v) is 1.61. The highest BCUT2D eigenvalue weighted by molar-refractivity contribution is 5.72. The Morgan fingerprint density at radius 1 is 1.20 bits per heavy atom. The molecular formula is C15H16N4O. The first-order valence-corrected chi connectivity index (χ1v) is 6.16. The second kappa shape index (κ2) is 6.47. The van der Waals surface area contributed by atoms with E-state index in [0.29, 0.717) is 5.75 Å². The van der Waals surface area contributed by atoms with Crippen molar-refractivity contribution < 1.29 is 4.74 Å². The molecule has 0 aliphatic carbocycles. The van der Waals surface area contributed by atoms with Crippen molar-refractivity contribution in [3.8, 4) is 11.5 Å². The van der Waals surface area contributed by atoms with Crippen LogP contribution in [0.2, 0.25) is 0 Å². The van der Waals surface area contributed by atoms with Crippen LogP contribution in [0.1, 0.15) is 11.3 Å². The van der Waals surface area contributed by atoms with Gasteiger partial charge in [0.15, 0.2) is 0 Å². The minimum Gasteiger partial charge on any atom is -0.455 e. The largest absolute Gasteiger partial charge is 0.455 e. The molecule has 1 heterocycles. The van der Waals surface area contributed by atoms with E-state index in [1.807, 2.05) is 44.2 Å². The number of nitrogens with two attached hydrogens (primary N) is 1. The Labute approximate surface area is 117 Å². The predicted molar refractivity (Wildman–Crippen MR) is 81.1 cm³/mol. The zero-order valence-electron chi connectivity index (χ0n) is 11.4. The van der Waals surface area contributed by atoms with Gasteiger partial charge in [-0.3, -0.25) is 4.98 Å². The molecule has 0 unspecified atom stereocenters. The van der Waals surface area contributed by atoms with Crippen LogP contribution in [0.25, 0.3) is 0 Å². The number of rotatable bonds is 4. The number of nitrogens with zero attached hydrogens (tertiary/aromatic N) is 3. The lowest BCUT2D eigenvalue weighted by Gasteiger charge is -2.08. The van der Waals surface area contributed by atoms with Gasteiger partial charge in [0.25, 0.3) is 0 Å². The maximum Gasteiger partial charge on any atom is 0.145 e. The third kappa shape index (κ3) is 3.65. The van der Waals surface area contributed by atoms with Crippen molar-refractivity contribution in [3.63, 3.8) is 0 Å². The minimum absolute atomic E-state index is 0.711. The summed E-state index contributed by atoms with van der Waals surface area (Å²) >= 11 is 0. The van der Waals surface area contributed by atoms with Crippen LogP contribution in [0, 0.1) is 13.8 Å². The number of pyridine rings is 1. The summed E-state index contributed by atoms with van der Waals surface area (Å²) in [5, 5.41) is 0. The summed E-state index contributed by atoms with van der Waals surface area (Å²) in [4.78, 5) is 12.1. The molecule has 2 aromatic rings. The van der Waals surface area contributed by atoms with Gasteiger partial charge in [-0.1, -0.05) is 0 Å². The Balaban J connectivity index is 2.15. The van der Waals surface area contributed by atoms with Gasteiger partial charge in [0.05, 0.1) is 18.2 Å².